The van der Waals surface area contributed by atoms with E-state index in [-0.39, 0.29) is 5.91 Å². The fraction of sp³-hybridized carbons (Fsp3) is 0.0417. The molecule has 0 aliphatic rings. The summed E-state index contributed by atoms with van der Waals surface area (Å²) in [7, 11) is 1.34. The third kappa shape index (κ3) is 4.37. The Kier molecular flexibility index (Phi) is 5.55. The van der Waals surface area contributed by atoms with Gasteiger partial charge >= 0.3 is 5.97 Å². The smallest absolute Gasteiger partial charge is 0.337 e. The average molecular weight is 412 g/mol. The molecular formula is C24H16N2O3S. The molecule has 4 rings (SSSR count). The Bertz CT molecular complexity index is 1310. The monoisotopic (exact) mass is 412 g/mol. The Hall–Kier alpha value is -3.95. The number of carbonyl (C=O) groups excluding carboxylic acids is 2. The zero-order chi connectivity index (χ0) is 20.9. The SMILES string of the molecule is COC(=O)c1cccc(C#Cc2cccc(NC(=O)c3ccc4ncsc4c3)c2)c1. The number of esters is 1. The first-order valence-electron chi connectivity index (χ1n) is 9.07. The van der Waals surface area contributed by atoms with E-state index in [9.17, 15) is 9.59 Å². The van der Waals surface area contributed by atoms with Gasteiger partial charge in [0.1, 0.15) is 0 Å². The van der Waals surface area contributed by atoms with Crippen molar-refractivity contribution in [2.75, 3.05) is 12.4 Å². The average Bonchev–Trinajstić information content (AvgIpc) is 3.25. The zero-order valence-electron chi connectivity index (χ0n) is 16.0. The summed E-state index contributed by atoms with van der Waals surface area (Å²) >= 11 is 1.50. The van der Waals surface area contributed by atoms with Gasteiger partial charge in [-0.2, -0.15) is 0 Å². The van der Waals surface area contributed by atoms with Crippen LogP contribution in [0.4, 0.5) is 5.69 Å². The Morgan fingerprint density at radius 2 is 1.70 bits per heavy atom. The van der Waals surface area contributed by atoms with E-state index in [0.29, 0.717) is 22.4 Å². The second-order valence-corrected chi connectivity index (χ2v) is 7.28. The molecule has 146 valence electrons. The normalized spacial score (nSPS) is 10.2. The fourth-order valence-corrected chi connectivity index (χ4v) is 3.58. The van der Waals surface area contributed by atoms with E-state index in [0.717, 1.165) is 15.8 Å². The van der Waals surface area contributed by atoms with E-state index >= 15 is 0 Å². The molecule has 30 heavy (non-hydrogen) atoms. The third-order valence-corrected chi connectivity index (χ3v) is 5.14. The molecule has 5 nitrogen and oxygen atoms in total. The number of anilines is 1. The lowest BCUT2D eigenvalue weighted by atomic mass is 10.1. The van der Waals surface area contributed by atoms with Crippen molar-refractivity contribution in [1.82, 2.24) is 4.98 Å². The molecule has 0 saturated heterocycles. The molecule has 0 radical (unpaired) electrons. The van der Waals surface area contributed by atoms with Crippen molar-refractivity contribution < 1.29 is 14.3 Å². The number of hydrogen-bond acceptors (Lipinski definition) is 5. The van der Waals surface area contributed by atoms with Gasteiger partial charge in [-0.25, -0.2) is 9.78 Å². The third-order valence-electron chi connectivity index (χ3n) is 4.35. The Morgan fingerprint density at radius 3 is 2.50 bits per heavy atom. The highest BCUT2D eigenvalue weighted by Crippen LogP contribution is 2.20. The number of amides is 1. The second-order valence-electron chi connectivity index (χ2n) is 6.39. The highest BCUT2D eigenvalue weighted by molar-refractivity contribution is 7.16. The maximum Gasteiger partial charge on any atom is 0.337 e. The number of nitrogens with zero attached hydrogens (tertiary/aromatic N) is 1. The lowest BCUT2D eigenvalue weighted by Crippen LogP contribution is -2.11. The number of fused-ring (bicyclic) bond motifs is 1. The number of rotatable bonds is 3. The molecule has 6 heteroatoms. The van der Waals surface area contributed by atoms with Crippen LogP contribution in [0.15, 0.2) is 72.2 Å². The number of ether oxygens (including phenoxy) is 1. The predicted octanol–water partition coefficient (Wildman–Crippen LogP) is 4.74. The molecule has 0 aliphatic heterocycles. The molecule has 0 saturated carbocycles. The van der Waals surface area contributed by atoms with Crippen LogP contribution in [0.3, 0.4) is 0 Å². The van der Waals surface area contributed by atoms with E-state index in [1.54, 1.807) is 35.8 Å². The predicted molar refractivity (Wildman–Crippen MR) is 118 cm³/mol. The molecule has 1 aromatic heterocycles. The molecule has 0 fully saturated rings. The second kappa shape index (κ2) is 8.60. The summed E-state index contributed by atoms with van der Waals surface area (Å²) in [6, 6.07) is 19.7. The van der Waals surface area contributed by atoms with Crippen LogP contribution in [0, 0.1) is 11.8 Å². The molecule has 0 aliphatic carbocycles. The van der Waals surface area contributed by atoms with Crippen molar-refractivity contribution in [1.29, 1.82) is 0 Å². The minimum absolute atomic E-state index is 0.193. The standard InChI is InChI=1S/C24H16N2O3S/c1-29-24(28)19-6-2-4-16(12-19)8-9-17-5-3-7-20(13-17)26-23(27)18-10-11-21-22(14-18)30-15-25-21/h2-7,10-15H,1H3,(H,26,27). The van der Waals surface area contributed by atoms with E-state index in [1.165, 1.54) is 18.4 Å². The molecule has 1 N–H and O–H groups in total. The summed E-state index contributed by atoms with van der Waals surface area (Å²) in [5.74, 6) is 5.50. The summed E-state index contributed by atoms with van der Waals surface area (Å²) in [5, 5.41) is 2.90. The number of methoxy groups -OCH3 is 1. The zero-order valence-corrected chi connectivity index (χ0v) is 16.8. The topological polar surface area (TPSA) is 68.3 Å². The lowest BCUT2D eigenvalue weighted by Gasteiger charge is -2.06. The molecule has 1 amide bonds. The lowest BCUT2D eigenvalue weighted by molar-refractivity contribution is 0.0600. The molecule has 0 spiro atoms. The van der Waals surface area contributed by atoms with Crippen molar-refractivity contribution in [2.24, 2.45) is 0 Å². The fourth-order valence-electron chi connectivity index (χ4n) is 2.86. The van der Waals surface area contributed by atoms with Crippen LogP contribution < -0.4 is 5.32 Å². The number of nitrogens with one attached hydrogen (secondary N) is 1. The van der Waals surface area contributed by atoms with E-state index in [2.05, 4.69) is 22.1 Å². The number of aromatic nitrogens is 1. The van der Waals surface area contributed by atoms with Gasteiger partial charge in [-0.1, -0.05) is 24.0 Å². The summed E-state index contributed by atoms with van der Waals surface area (Å²) < 4.78 is 5.70. The van der Waals surface area contributed by atoms with E-state index < -0.39 is 5.97 Å². The van der Waals surface area contributed by atoms with Crippen molar-refractivity contribution in [3.63, 3.8) is 0 Å². The maximum absolute atomic E-state index is 12.6. The van der Waals surface area contributed by atoms with Crippen LogP contribution in [0.2, 0.25) is 0 Å². The van der Waals surface area contributed by atoms with Gasteiger partial charge in [0.05, 0.1) is 28.4 Å². The van der Waals surface area contributed by atoms with Gasteiger partial charge in [0.2, 0.25) is 0 Å². The van der Waals surface area contributed by atoms with Crippen LogP contribution in [0.1, 0.15) is 31.8 Å². The number of thiazole rings is 1. The van der Waals surface area contributed by atoms with Crippen LogP contribution in [-0.4, -0.2) is 24.0 Å². The van der Waals surface area contributed by atoms with Crippen molar-refractivity contribution in [3.8, 4) is 11.8 Å². The summed E-state index contributed by atoms with van der Waals surface area (Å²) in [5.41, 5.74) is 5.75. The van der Waals surface area contributed by atoms with E-state index in [4.69, 9.17) is 4.74 Å². The molecular weight excluding hydrogens is 396 g/mol. The van der Waals surface area contributed by atoms with Crippen LogP contribution in [-0.2, 0) is 4.74 Å². The van der Waals surface area contributed by atoms with Crippen molar-refractivity contribution >= 4 is 39.1 Å². The summed E-state index contributed by atoms with van der Waals surface area (Å²) in [4.78, 5) is 28.5. The van der Waals surface area contributed by atoms with Crippen LogP contribution in [0.5, 0.6) is 0 Å². The first-order chi connectivity index (χ1) is 14.6. The number of benzene rings is 3. The van der Waals surface area contributed by atoms with Gasteiger partial charge in [-0.05, 0) is 54.6 Å². The van der Waals surface area contributed by atoms with Crippen molar-refractivity contribution in [2.45, 2.75) is 0 Å². The van der Waals surface area contributed by atoms with Crippen LogP contribution in [0.25, 0.3) is 10.2 Å². The molecule has 1 heterocycles. The molecule has 0 atom stereocenters. The summed E-state index contributed by atoms with van der Waals surface area (Å²) in [6.45, 7) is 0. The minimum Gasteiger partial charge on any atom is -0.465 e. The van der Waals surface area contributed by atoms with Crippen LogP contribution >= 0.6 is 11.3 Å². The largest absolute Gasteiger partial charge is 0.465 e. The summed E-state index contributed by atoms with van der Waals surface area (Å²) in [6.07, 6.45) is 0. The number of hydrogen-bond donors (Lipinski definition) is 1. The highest BCUT2D eigenvalue weighted by atomic mass is 32.1. The molecule has 0 bridgehead atoms. The molecule has 0 unspecified atom stereocenters. The number of carbonyl (C=O) groups is 2. The van der Waals surface area contributed by atoms with E-state index in [1.807, 2.05) is 36.4 Å². The van der Waals surface area contributed by atoms with Gasteiger partial charge in [-0.15, -0.1) is 11.3 Å². The first kappa shape index (κ1) is 19.4. The van der Waals surface area contributed by atoms with Gasteiger partial charge in [0, 0.05) is 22.4 Å². The quantitative estimate of drug-likeness (QED) is 0.390. The maximum atomic E-state index is 12.6. The van der Waals surface area contributed by atoms with Gasteiger partial charge in [-0.3, -0.25) is 4.79 Å². The first-order valence-corrected chi connectivity index (χ1v) is 9.95. The van der Waals surface area contributed by atoms with Gasteiger partial charge in [0.25, 0.3) is 5.91 Å². The molecule has 3 aromatic carbocycles. The van der Waals surface area contributed by atoms with Gasteiger partial charge < -0.3 is 10.1 Å². The Morgan fingerprint density at radius 1 is 0.933 bits per heavy atom. The molecule has 4 aromatic rings. The Labute approximate surface area is 177 Å². The van der Waals surface area contributed by atoms with Gasteiger partial charge in [0.15, 0.2) is 0 Å². The Balaban J connectivity index is 1.51. The highest BCUT2D eigenvalue weighted by Gasteiger charge is 2.08. The van der Waals surface area contributed by atoms with Crippen molar-refractivity contribution in [3.05, 3.63) is 94.5 Å². The minimum atomic E-state index is -0.403.